The van der Waals surface area contributed by atoms with Crippen LogP contribution in [0.4, 0.5) is 14.5 Å². The Morgan fingerprint density at radius 2 is 1.65 bits per heavy atom. The molecule has 8 heteroatoms. The molecule has 4 rings (SSSR count). The van der Waals surface area contributed by atoms with Crippen molar-refractivity contribution in [1.29, 1.82) is 0 Å². The van der Waals surface area contributed by atoms with Gasteiger partial charge in [-0.05, 0) is 56.4 Å². The molecule has 5 nitrogen and oxygen atoms in total. The quantitative estimate of drug-likeness (QED) is 0.596. The van der Waals surface area contributed by atoms with Crippen LogP contribution in [0.25, 0.3) is 0 Å². The van der Waals surface area contributed by atoms with Gasteiger partial charge in [-0.15, -0.1) is 0 Å². The fourth-order valence-electron chi connectivity index (χ4n) is 5.23. The van der Waals surface area contributed by atoms with E-state index in [-0.39, 0.29) is 22.8 Å². The van der Waals surface area contributed by atoms with Gasteiger partial charge in [-0.25, -0.2) is 17.2 Å². The summed E-state index contributed by atoms with van der Waals surface area (Å²) in [7, 11) is -3.33. The number of rotatable bonds is 5. The van der Waals surface area contributed by atoms with Crippen molar-refractivity contribution in [2.75, 3.05) is 30.8 Å². The molecule has 2 aromatic rings. The van der Waals surface area contributed by atoms with Crippen LogP contribution >= 0.6 is 0 Å². The molecule has 34 heavy (non-hydrogen) atoms. The topological polar surface area (TPSA) is 57.7 Å². The van der Waals surface area contributed by atoms with Crippen molar-refractivity contribution in [2.24, 2.45) is 11.8 Å². The number of anilines is 1. The van der Waals surface area contributed by atoms with Crippen LogP contribution in [0.5, 0.6) is 0 Å². The maximum Gasteiger partial charge on any atom is 0.248 e. The molecule has 1 saturated carbocycles. The largest absolute Gasteiger partial charge is 0.367 e. The SMILES string of the molecule is CC(F)(F)C1CCC(C(=O)N2CCN(c3cccc(S(C)(=O)=O)c3)C[C@@H]2c2ccccc2)CC1. The average Bonchev–Trinajstić information content (AvgIpc) is 2.83. The van der Waals surface area contributed by atoms with Gasteiger partial charge in [-0.3, -0.25) is 4.79 Å². The predicted octanol–water partition coefficient (Wildman–Crippen LogP) is 4.94. The fraction of sp³-hybridized carbons (Fsp3) is 0.500. The van der Waals surface area contributed by atoms with Gasteiger partial charge in [0.15, 0.2) is 9.84 Å². The Morgan fingerprint density at radius 3 is 2.26 bits per heavy atom. The van der Waals surface area contributed by atoms with E-state index in [1.807, 2.05) is 41.3 Å². The molecule has 2 aromatic carbocycles. The summed E-state index contributed by atoms with van der Waals surface area (Å²) in [5.41, 5.74) is 1.82. The van der Waals surface area contributed by atoms with Crippen molar-refractivity contribution < 1.29 is 22.0 Å². The molecule has 0 N–H and O–H groups in total. The second-order valence-electron chi connectivity index (χ2n) is 9.68. The molecular formula is C26H32F2N2O3S. The highest BCUT2D eigenvalue weighted by atomic mass is 32.2. The van der Waals surface area contributed by atoms with Crippen LogP contribution in [0.2, 0.25) is 0 Å². The number of piperazine rings is 1. The van der Waals surface area contributed by atoms with E-state index in [9.17, 15) is 22.0 Å². The van der Waals surface area contributed by atoms with E-state index in [1.165, 1.54) is 6.26 Å². The molecular weight excluding hydrogens is 458 g/mol. The molecule has 2 fully saturated rings. The zero-order valence-electron chi connectivity index (χ0n) is 19.7. The van der Waals surface area contributed by atoms with Crippen LogP contribution in [0.3, 0.4) is 0 Å². The Balaban J connectivity index is 1.55. The number of carbonyl (C=O) groups excluding carboxylic acids is 1. The molecule has 1 atom stereocenters. The zero-order chi connectivity index (χ0) is 24.5. The summed E-state index contributed by atoms with van der Waals surface area (Å²) < 4.78 is 51.6. The molecule has 0 radical (unpaired) electrons. The van der Waals surface area contributed by atoms with E-state index in [1.54, 1.807) is 18.2 Å². The number of carbonyl (C=O) groups is 1. The summed E-state index contributed by atoms with van der Waals surface area (Å²) in [5.74, 6) is -3.55. The van der Waals surface area contributed by atoms with Gasteiger partial charge < -0.3 is 9.80 Å². The van der Waals surface area contributed by atoms with E-state index < -0.39 is 21.7 Å². The number of hydrogen-bond donors (Lipinski definition) is 0. The number of halogens is 2. The van der Waals surface area contributed by atoms with Crippen molar-refractivity contribution in [3.8, 4) is 0 Å². The minimum atomic E-state index is -3.33. The summed E-state index contributed by atoms with van der Waals surface area (Å²) in [5, 5.41) is 0. The normalized spacial score (nSPS) is 24.2. The Bertz CT molecular complexity index is 1110. The van der Waals surface area contributed by atoms with Crippen LogP contribution in [0, 0.1) is 11.8 Å². The molecule has 0 aromatic heterocycles. The number of amides is 1. The van der Waals surface area contributed by atoms with Gasteiger partial charge in [0.1, 0.15) is 0 Å². The third kappa shape index (κ3) is 5.43. The minimum absolute atomic E-state index is 0.0382. The van der Waals surface area contributed by atoms with Crippen molar-refractivity contribution >= 4 is 21.4 Å². The maximum atomic E-state index is 13.7. The highest BCUT2D eigenvalue weighted by Crippen LogP contribution is 2.40. The predicted molar refractivity (Wildman–Crippen MR) is 129 cm³/mol. The molecule has 1 amide bonds. The molecule has 0 spiro atoms. The van der Waals surface area contributed by atoms with Crippen LogP contribution in [-0.4, -0.2) is 51.0 Å². The van der Waals surface area contributed by atoms with Crippen LogP contribution in [-0.2, 0) is 14.6 Å². The van der Waals surface area contributed by atoms with Crippen molar-refractivity contribution in [2.45, 2.75) is 49.5 Å². The monoisotopic (exact) mass is 490 g/mol. The van der Waals surface area contributed by atoms with E-state index in [0.717, 1.165) is 18.2 Å². The van der Waals surface area contributed by atoms with Gasteiger partial charge in [-0.2, -0.15) is 0 Å². The maximum absolute atomic E-state index is 13.7. The first kappa shape index (κ1) is 24.6. The highest BCUT2D eigenvalue weighted by Gasteiger charge is 2.41. The first-order chi connectivity index (χ1) is 16.0. The van der Waals surface area contributed by atoms with Gasteiger partial charge in [0, 0.05) is 43.4 Å². The Labute approximate surface area is 200 Å². The van der Waals surface area contributed by atoms with Gasteiger partial charge in [-0.1, -0.05) is 36.4 Å². The lowest BCUT2D eigenvalue weighted by molar-refractivity contribution is -0.141. The highest BCUT2D eigenvalue weighted by molar-refractivity contribution is 7.90. The second-order valence-corrected chi connectivity index (χ2v) is 11.7. The number of hydrogen-bond acceptors (Lipinski definition) is 4. The summed E-state index contributed by atoms with van der Waals surface area (Å²) in [6, 6.07) is 16.5. The summed E-state index contributed by atoms with van der Waals surface area (Å²) >= 11 is 0. The lowest BCUT2D eigenvalue weighted by atomic mass is 9.78. The van der Waals surface area contributed by atoms with Crippen molar-refractivity contribution in [3.05, 3.63) is 60.2 Å². The standard InChI is InChI=1S/C26H32F2N2O3S/c1-26(27,28)21-13-11-20(12-14-21)25(31)30-16-15-29(18-24(30)19-7-4-3-5-8-19)22-9-6-10-23(17-22)34(2,32)33/h3-10,17,20-21,24H,11-16,18H2,1-2H3/t20?,21?,24-/m1/s1. The van der Waals surface area contributed by atoms with E-state index in [0.29, 0.717) is 45.3 Å². The number of benzene rings is 2. The Hall–Kier alpha value is -2.48. The lowest BCUT2D eigenvalue weighted by Gasteiger charge is -2.44. The van der Waals surface area contributed by atoms with Crippen LogP contribution < -0.4 is 4.90 Å². The van der Waals surface area contributed by atoms with Crippen molar-refractivity contribution in [1.82, 2.24) is 4.90 Å². The Kier molecular flexibility index (Phi) is 6.99. The molecule has 1 saturated heterocycles. The van der Waals surface area contributed by atoms with E-state index in [4.69, 9.17) is 0 Å². The van der Waals surface area contributed by atoms with Gasteiger partial charge in [0.25, 0.3) is 0 Å². The molecule has 2 aliphatic rings. The van der Waals surface area contributed by atoms with E-state index in [2.05, 4.69) is 4.90 Å². The minimum Gasteiger partial charge on any atom is -0.367 e. The number of alkyl halides is 2. The molecule has 0 unspecified atom stereocenters. The third-order valence-corrected chi connectivity index (χ3v) is 8.36. The average molecular weight is 491 g/mol. The number of nitrogens with zero attached hydrogens (tertiary/aromatic N) is 2. The van der Waals surface area contributed by atoms with Crippen LogP contribution in [0.1, 0.15) is 44.2 Å². The van der Waals surface area contributed by atoms with E-state index >= 15 is 0 Å². The summed E-state index contributed by atoms with van der Waals surface area (Å²) in [6.45, 7) is 2.57. The molecule has 184 valence electrons. The smallest absolute Gasteiger partial charge is 0.248 e. The fourth-order valence-corrected chi connectivity index (χ4v) is 5.89. The third-order valence-electron chi connectivity index (χ3n) is 7.25. The summed E-state index contributed by atoms with van der Waals surface area (Å²) in [6.07, 6.45) is 2.91. The first-order valence-electron chi connectivity index (χ1n) is 11.8. The van der Waals surface area contributed by atoms with Gasteiger partial charge in [0.2, 0.25) is 11.8 Å². The zero-order valence-corrected chi connectivity index (χ0v) is 20.5. The number of sulfone groups is 1. The Morgan fingerprint density at radius 1 is 0.971 bits per heavy atom. The van der Waals surface area contributed by atoms with Crippen LogP contribution in [0.15, 0.2) is 59.5 Å². The molecule has 0 bridgehead atoms. The first-order valence-corrected chi connectivity index (χ1v) is 13.7. The summed E-state index contributed by atoms with van der Waals surface area (Å²) in [4.78, 5) is 17.9. The molecule has 1 aliphatic heterocycles. The molecule has 1 heterocycles. The lowest BCUT2D eigenvalue weighted by Crippen LogP contribution is -2.52. The van der Waals surface area contributed by atoms with Gasteiger partial charge in [0.05, 0.1) is 10.9 Å². The second kappa shape index (κ2) is 9.64. The van der Waals surface area contributed by atoms with Crippen molar-refractivity contribution in [3.63, 3.8) is 0 Å². The molecule has 1 aliphatic carbocycles. The van der Waals surface area contributed by atoms with Gasteiger partial charge >= 0.3 is 0 Å².